The van der Waals surface area contributed by atoms with Crippen LogP contribution in [0.15, 0.2) is 46.7 Å². The van der Waals surface area contributed by atoms with E-state index in [1.54, 1.807) is 30.3 Å². The summed E-state index contributed by atoms with van der Waals surface area (Å²) in [6.07, 6.45) is -5.27. The van der Waals surface area contributed by atoms with Crippen LogP contribution in [0.3, 0.4) is 0 Å². The molecule has 130 valence electrons. The number of aliphatic hydroxyl groups is 1. The largest absolute Gasteiger partial charge is 0.504 e. The fourth-order valence-electron chi connectivity index (χ4n) is 1.65. The number of hydrogen-bond acceptors (Lipinski definition) is 6. The molecule has 0 saturated carbocycles. The fourth-order valence-corrected chi connectivity index (χ4v) is 1.65. The van der Waals surface area contributed by atoms with E-state index in [1.165, 1.54) is 0 Å². The van der Waals surface area contributed by atoms with E-state index in [-0.39, 0.29) is 6.54 Å². The number of carbonyl (C=O) groups excluding carboxylic acids is 2. The molecule has 0 aromatic heterocycles. The van der Waals surface area contributed by atoms with Gasteiger partial charge in [-0.3, -0.25) is 4.99 Å². The standard InChI is InChI=1S/C15H14F3NO5/c1-23-13(21)10(12(20)15(16,17)18)11(14(22)24-2)19-8-9-6-4-3-5-7-9/h3-7,20H,8H2,1-2H3/b12-10+,19-11?. The summed E-state index contributed by atoms with van der Waals surface area (Å²) in [7, 11) is 1.71. The molecular weight excluding hydrogens is 331 g/mol. The summed E-state index contributed by atoms with van der Waals surface area (Å²) < 4.78 is 46.9. The van der Waals surface area contributed by atoms with Gasteiger partial charge in [0, 0.05) is 0 Å². The Labute approximate surface area is 135 Å². The highest BCUT2D eigenvalue weighted by Gasteiger charge is 2.42. The molecule has 1 aromatic carbocycles. The van der Waals surface area contributed by atoms with Crippen molar-refractivity contribution < 1.29 is 37.3 Å². The maximum atomic E-state index is 12.8. The monoisotopic (exact) mass is 345 g/mol. The lowest BCUT2D eigenvalue weighted by atomic mass is 10.1. The molecule has 0 saturated heterocycles. The number of allylic oxidation sites excluding steroid dienone is 1. The van der Waals surface area contributed by atoms with Crippen molar-refractivity contribution >= 4 is 17.7 Å². The zero-order valence-corrected chi connectivity index (χ0v) is 12.8. The van der Waals surface area contributed by atoms with Crippen molar-refractivity contribution in [1.29, 1.82) is 0 Å². The molecule has 0 spiro atoms. The van der Waals surface area contributed by atoms with E-state index in [0.29, 0.717) is 5.56 Å². The predicted molar refractivity (Wildman–Crippen MR) is 77.3 cm³/mol. The number of nitrogens with zero attached hydrogens (tertiary/aromatic N) is 1. The van der Waals surface area contributed by atoms with Crippen molar-refractivity contribution in [2.75, 3.05) is 14.2 Å². The van der Waals surface area contributed by atoms with Crippen molar-refractivity contribution in [2.24, 2.45) is 4.99 Å². The van der Waals surface area contributed by atoms with Crippen LogP contribution in [0, 0.1) is 0 Å². The van der Waals surface area contributed by atoms with Gasteiger partial charge in [-0.2, -0.15) is 13.2 Å². The minimum absolute atomic E-state index is 0.211. The van der Waals surface area contributed by atoms with Crippen LogP contribution in [0.5, 0.6) is 0 Å². The lowest BCUT2D eigenvalue weighted by Gasteiger charge is -2.12. The van der Waals surface area contributed by atoms with Crippen LogP contribution >= 0.6 is 0 Å². The summed E-state index contributed by atoms with van der Waals surface area (Å²) in [6, 6.07) is 8.26. The van der Waals surface area contributed by atoms with Gasteiger partial charge in [-0.15, -0.1) is 0 Å². The third-order valence-corrected chi connectivity index (χ3v) is 2.77. The summed E-state index contributed by atoms with van der Waals surface area (Å²) in [4.78, 5) is 27.1. The Morgan fingerprint density at radius 2 is 1.62 bits per heavy atom. The molecule has 0 aliphatic carbocycles. The average Bonchev–Trinajstić information content (AvgIpc) is 2.56. The van der Waals surface area contributed by atoms with Crippen LogP contribution in [0.2, 0.25) is 0 Å². The third-order valence-electron chi connectivity index (χ3n) is 2.77. The minimum atomic E-state index is -5.27. The van der Waals surface area contributed by atoms with Gasteiger partial charge >= 0.3 is 18.1 Å². The van der Waals surface area contributed by atoms with Gasteiger partial charge in [0.1, 0.15) is 5.57 Å². The van der Waals surface area contributed by atoms with Crippen molar-refractivity contribution in [2.45, 2.75) is 12.7 Å². The molecule has 0 fully saturated rings. The maximum absolute atomic E-state index is 12.8. The second kappa shape index (κ2) is 8.14. The highest BCUT2D eigenvalue weighted by atomic mass is 19.4. The second-order valence-corrected chi connectivity index (χ2v) is 4.35. The van der Waals surface area contributed by atoms with Gasteiger partial charge in [-0.25, -0.2) is 9.59 Å². The summed E-state index contributed by atoms with van der Waals surface area (Å²) in [5.41, 5.74) is -1.83. The van der Waals surface area contributed by atoms with Gasteiger partial charge in [0.25, 0.3) is 0 Å². The molecule has 0 bridgehead atoms. The minimum Gasteiger partial charge on any atom is -0.504 e. The van der Waals surface area contributed by atoms with Crippen LogP contribution < -0.4 is 0 Å². The average molecular weight is 345 g/mol. The SMILES string of the molecule is COC(=O)C(=NCc1ccccc1)/C(C(=O)OC)=C(\O)C(F)(F)F. The Kier molecular flexibility index (Phi) is 6.51. The summed E-state index contributed by atoms with van der Waals surface area (Å²) in [5, 5.41) is 9.32. The van der Waals surface area contributed by atoms with Gasteiger partial charge in [0.2, 0.25) is 5.76 Å². The van der Waals surface area contributed by atoms with Gasteiger partial charge < -0.3 is 14.6 Å². The van der Waals surface area contributed by atoms with Crippen LogP contribution in [-0.4, -0.2) is 43.2 Å². The Morgan fingerprint density at radius 3 is 2.08 bits per heavy atom. The van der Waals surface area contributed by atoms with Crippen LogP contribution in [0.25, 0.3) is 0 Å². The van der Waals surface area contributed by atoms with Gasteiger partial charge in [-0.1, -0.05) is 30.3 Å². The number of carbonyl (C=O) groups is 2. The first-order valence-corrected chi connectivity index (χ1v) is 6.48. The molecule has 0 aliphatic rings. The quantitative estimate of drug-likeness (QED) is 0.383. The lowest BCUT2D eigenvalue weighted by Crippen LogP contribution is -2.29. The second-order valence-electron chi connectivity index (χ2n) is 4.35. The molecule has 0 atom stereocenters. The van der Waals surface area contributed by atoms with Crippen molar-refractivity contribution in [3.05, 3.63) is 47.2 Å². The number of methoxy groups -OCH3 is 2. The third kappa shape index (κ3) is 4.83. The molecule has 0 amide bonds. The Hall–Kier alpha value is -2.84. The zero-order chi connectivity index (χ0) is 18.3. The predicted octanol–water partition coefficient (Wildman–Crippen LogP) is 2.35. The number of benzene rings is 1. The normalized spacial score (nSPS) is 13.1. The lowest BCUT2D eigenvalue weighted by molar-refractivity contribution is -0.141. The van der Waals surface area contributed by atoms with E-state index in [4.69, 9.17) is 0 Å². The highest BCUT2D eigenvalue weighted by Crippen LogP contribution is 2.27. The number of alkyl halides is 3. The van der Waals surface area contributed by atoms with Crippen molar-refractivity contribution in [3.8, 4) is 0 Å². The van der Waals surface area contributed by atoms with E-state index in [1.807, 2.05) is 0 Å². The topological polar surface area (TPSA) is 85.2 Å². The first-order valence-electron chi connectivity index (χ1n) is 6.48. The van der Waals surface area contributed by atoms with Crippen LogP contribution in [0.4, 0.5) is 13.2 Å². The number of aliphatic hydroxyl groups excluding tert-OH is 1. The van der Waals surface area contributed by atoms with Crippen LogP contribution in [0.1, 0.15) is 5.56 Å². The first kappa shape index (κ1) is 19.2. The molecule has 0 aliphatic heterocycles. The van der Waals surface area contributed by atoms with Crippen molar-refractivity contribution in [3.63, 3.8) is 0 Å². The summed E-state index contributed by atoms with van der Waals surface area (Å²) >= 11 is 0. The Balaban J connectivity index is 3.44. The molecule has 0 unspecified atom stereocenters. The molecule has 1 aromatic rings. The summed E-state index contributed by atoms with van der Waals surface area (Å²) in [5.74, 6) is -5.17. The van der Waals surface area contributed by atoms with E-state index in [2.05, 4.69) is 14.5 Å². The van der Waals surface area contributed by atoms with Gasteiger partial charge in [-0.05, 0) is 5.56 Å². The number of rotatable bonds is 5. The van der Waals surface area contributed by atoms with E-state index < -0.39 is 35.2 Å². The van der Waals surface area contributed by atoms with Crippen molar-refractivity contribution in [1.82, 2.24) is 0 Å². The summed E-state index contributed by atoms with van der Waals surface area (Å²) in [6.45, 7) is -0.211. The number of aliphatic imine (C=N–C) groups is 1. The van der Waals surface area contributed by atoms with Crippen LogP contribution in [-0.2, 0) is 25.6 Å². The van der Waals surface area contributed by atoms with E-state index in [9.17, 15) is 27.9 Å². The van der Waals surface area contributed by atoms with E-state index >= 15 is 0 Å². The first-order chi connectivity index (χ1) is 11.2. The molecule has 6 nitrogen and oxygen atoms in total. The zero-order valence-electron chi connectivity index (χ0n) is 12.8. The number of ether oxygens (including phenoxy) is 2. The molecule has 1 rings (SSSR count). The van der Waals surface area contributed by atoms with Gasteiger partial charge in [0.05, 0.1) is 20.8 Å². The Bertz CT molecular complexity index is 665. The Morgan fingerprint density at radius 1 is 1.08 bits per heavy atom. The molecule has 24 heavy (non-hydrogen) atoms. The molecular formula is C15H14F3NO5. The number of halogens is 3. The highest BCUT2D eigenvalue weighted by molar-refractivity contribution is 6.49. The van der Waals surface area contributed by atoms with E-state index in [0.717, 1.165) is 14.2 Å². The number of esters is 2. The fraction of sp³-hybridized carbons (Fsp3) is 0.267. The smallest absolute Gasteiger partial charge is 0.449 e. The van der Waals surface area contributed by atoms with Gasteiger partial charge in [0.15, 0.2) is 5.71 Å². The number of hydrogen-bond donors (Lipinski definition) is 1. The molecule has 0 radical (unpaired) electrons. The maximum Gasteiger partial charge on any atom is 0.449 e. The molecule has 9 heteroatoms. The molecule has 0 heterocycles. The molecule has 1 N–H and O–H groups in total.